The lowest BCUT2D eigenvalue weighted by atomic mass is 9.98. The molecule has 134 valence electrons. The number of nitrogens with zero attached hydrogens (tertiary/aromatic N) is 1. The molecule has 2 aromatic carbocycles. The summed E-state index contributed by atoms with van der Waals surface area (Å²) in [6.07, 6.45) is 1.65. The normalized spacial score (nSPS) is 12.3. The summed E-state index contributed by atoms with van der Waals surface area (Å²) in [5.41, 5.74) is 2.13. The van der Waals surface area contributed by atoms with E-state index in [0.29, 0.717) is 6.54 Å². The van der Waals surface area contributed by atoms with Gasteiger partial charge in [0, 0.05) is 0 Å². The molecule has 1 atom stereocenters. The minimum atomic E-state index is -0.282. The first-order valence-electron chi connectivity index (χ1n) is 8.78. The summed E-state index contributed by atoms with van der Waals surface area (Å²) in [6, 6.07) is 23.4. The number of amides is 1. The number of hydrogen-bond acceptors (Lipinski definition) is 3. The fourth-order valence-corrected chi connectivity index (χ4v) is 2.90. The third-order valence-electron chi connectivity index (χ3n) is 4.58. The molecule has 0 spiro atoms. The smallest absolute Gasteiger partial charge is 0.237 e. The van der Waals surface area contributed by atoms with Crippen molar-refractivity contribution in [2.45, 2.75) is 25.6 Å². The summed E-state index contributed by atoms with van der Waals surface area (Å²) in [6.45, 7) is 2.49. The molecular formula is C22H24N2O2. The number of benzene rings is 2. The van der Waals surface area contributed by atoms with Gasteiger partial charge in [0.1, 0.15) is 5.76 Å². The zero-order chi connectivity index (χ0) is 18.4. The van der Waals surface area contributed by atoms with Crippen LogP contribution in [0, 0.1) is 0 Å². The molecule has 1 aromatic heterocycles. The quantitative estimate of drug-likeness (QED) is 0.702. The van der Waals surface area contributed by atoms with E-state index in [9.17, 15) is 4.79 Å². The SMILES string of the molecule is CC(C(=O)NC(c1ccccc1)c1ccccc1)N(C)Cc1ccco1. The van der Waals surface area contributed by atoms with Crippen molar-refractivity contribution in [3.8, 4) is 0 Å². The highest BCUT2D eigenvalue weighted by molar-refractivity contribution is 5.82. The second kappa shape index (κ2) is 8.50. The lowest BCUT2D eigenvalue weighted by Gasteiger charge is -2.26. The van der Waals surface area contributed by atoms with Crippen LogP contribution in [-0.4, -0.2) is 23.9 Å². The van der Waals surface area contributed by atoms with Crippen molar-refractivity contribution in [2.75, 3.05) is 7.05 Å². The number of carbonyl (C=O) groups is 1. The molecule has 1 N–H and O–H groups in total. The Kier molecular flexibility index (Phi) is 5.87. The van der Waals surface area contributed by atoms with Gasteiger partial charge >= 0.3 is 0 Å². The van der Waals surface area contributed by atoms with E-state index in [1.165, 1.54) is 0 Å². The summed E-state index contributed by atoms with van der Waals surface area (Å²) in [4.78, 5) is 14.9. The van der Waals surface area contributed by atoms with E-state index in [0.717, 1.165) is 16.9 Å². The van der Waals surface area contributed by atoms with Crippen molar-refractivity contribution in [1.82, 2.24) is 10.2 Å². The summed E-state index contributed by atoms with van der Waals surface area (Å²) in [7, 11) is 1.92. The largest absolute Gasteiger partial charge is 0.468 e. The molecule has 1 unspecified atom stereocenters. The van der Waals surface area contributed by atoms with Crippen LogP contribution in [0.3, 0.4) is 0 Å². The van der Waals surface area contributed by atoms with Crippen molar-refractivity contribution in [2.24, 2.45) is 0 Å². The first-order chi connectivity index (χ1) is 12.6. The molecule has 4 heteroatoms. The van der Waals surface area contributed by atoms with Gasteiger partial charge in [-0.15, -0.1) is 0 Å². The Labute approximate surface area is 154 Å². The van der Waals surface area contributed by atoms with Gasteiger partial charge in [-0.05, 0) is 37.2 Å². The van der Waals surface area contributed by atoms with E-state index in [2.05, 4.69) is 5.32 Å². The third-order valence-corrected chi connectivity index (χ3v) is 4.58. The summed E-state index contributed by atoms with van der Waals surface area (Å²) < 4.78 is 5.38. The lowest BCUT2D eigenvalue weighted by molar-refractivity contribution is -0.126. The first kappa shape index (κ1) is 18.0. The molecule has 1 amide bonds. The summed E-state index contributed by atoms with van der Waals surface area (Å²) in [5, 5.41) is 3.20. The van der Waals surface area contributed by atoms with Gasteiger partial charge in [0.15, 0.2) is 0 Å². The molecule has 0 aliphatic rings. The fraction of sp³-hybridized carbons (Fsp3) is 0.227. The van der Waals surface area contributed by atoms with Crippen molar-refractivity contribution < 1.29 is 9.21 Å². The highest BCUT2D eigenvalue weighted by atomic mass is 16.3. The van der Waals surface area contributed by atoms with Crippen LogP contribution < -0.4 is 5.32 Å². The predicted octanol–water partition coefficient (Wildman–Crippen LogP) is 4.01. The zero-order valence-electron chi connectivity index (χ0n) is 15.1. The number of likely N-dealkylation sites (N-methyl/N-ethyl adjacent to an activating group) is 1. The Morgan fingerprint density at radius 3 is 2.04 bits per heavy atom. The minimum Gasteiger partial charge on any atom is -0.468 e. The Bertz CT molecular complexity index is 761. The molecule has 0 aliphatic carbocycles. The molecule has 0 fully saturated rings. The van der Waals surface area contributed by atoms with Crippen LogP contribution in [0.4, 0.5) is 0 Å². The van der Waals surface area contributed by atoms with Crippen molar-refractivity contribution in [1.29, 1.82) is 0 Å². The van der Waals surface area contributed by atoms with Crippen molar-refractivity contribution in [3.63, 3.8) is 0 Å². The molecule has 1 heterocycles. The third kappa shape index (κ3) is 4.41. The van der Waals surface area contributed by atoms with Crippen LogP contribution in [0.5, 0.6) is 0 Å². The molecule has 3 rings (SSSR count). The van der Waals surface area contributed by atoms with E-state index in [1.807, 2.05) is 91.7 Å². The molecule has 26 heavy (non-hydrogen) atoms. The van der Waals surface area contributed by atoms with Gasteiger partial charge in [-0.3, -0.25) is 9.69 Å². The van der Waals surface area contributed by atoms with Gasteiger partial charge in [0.2, 0.25) is 5.91 Å². The Hall–Kier alpha value is -2.85. The van der Waals surface area contributed by atoms with Gasteiger partial charge in [0.05, 0.1) is 24.9 Å². The fourth-order valence-electron chi connectivity index (χ4n) is 2.90. The molecule has 0 aliphatic heterocycles. The second-order valence-electron chi connectivity index (χ2n) is 6.43. The maximum absolute atomic E-state index is 12.9. The Morgan fingerprint density at radius 2 is 1.54 bits per heavy atom. The molecule has 0 radical (unpaired) electrons. The van der Waals surface area contributed by atoms with Crippen molar-refractivity contribution in [3.05, 3.63) is 95.9 Å². The van der Waals surface area contributed by atoms with Crippen LogP contribution in [0.15, 0.2) is 83.5 Å². The van der Waals surface area contributed by atoms with Crippen LogP contribution in [0.1, 0.15) is 29.9 Å². The monoisotopic (exact) mass is 348 g/mol. The van der Waals surface area contributed by atoms with Gasteiger partial charge in [0.25, 0.3) is 0 Å². The number of hydrogen-bond donors (Lipinski definition) is 1. The molecule has 0 bridgehead atoms. The molecule has 3 aromatic rings. The maximum atomic E-state index is 12.9. The Morgan fingerprint density at radius 1 is 0.962 bits per heavy atom. The number of nitrogens with one attached hydrogen (secondary N) is 1. The van der Waals surface area contributed by atoms with Crippen LogP contribution in [-0.2, 0) is 11.3 Å². The molecule has 0 saturated heterocycles. The van der Waals surface area contributed by atoms with Crippen LogP contribution in [0.25, 0.3) is 0 Å². The molecule has 4 nitrogen and oxygen atoms in total. The lowest BCUT2D eigenvalue weighted by Crippen LogP contribution is -2.44. The van der Waals surface area contributed by atoms with Gasteiger partial charge < -0.3 is 9.73 Å². The Balaban J connectivity index is 1.74. The molecular weight excluding hydrogens is 324 g/mol. The van der Waals surface area contributed by atoms with E-state index >= 15 is 0 Å². The van der Waals surface area contributed by atoms with E-state index in [1.54, 1.807) is 6.26 Å². The number of rotatable bonds is 7. The zero-order valence-corrected chi connectivity index (χ0v) is 15.1. The van der Waals surface area contributed by atoms with E-state index < -0.39 is 0 Å². The highest BCUT2D eigenvalue weighted by Gasteiger charge is 2.23. The summed E-state index contributed by atoms with van der Waals surface area (Å²) >= 11 is 0. The van der Waals surface area contributed by atoms with Crippen LogP contribution >= 0.6 is 0 Å². The highest BCUT2D eigenvalue weighted by Crippen LogP contribution is 2.22. The van der Waals surface area contributed by atoms with Gasteiger partial charge in [-0.2, -0.15) is 0 Å². The standard InChI is InChI=1S/C22H24N2O2/c1-17(24(2)16-20-14-9-15-26-20)22(25)23-21(18-10-5-3-6-11-18)19-12-7-4-8-13-19/h3-15,17,21H,16H2,1-2H3,(H,23,25). The second-order valence-corrected chi connectivity index (χ2v) is 6.43. The average Bonchev–Trinajstić information content (AvgIpc) is 3.19. The van der Waals surface area contributed by atoms with Crippen LogP contribution in [0.2, 0.25) is 0 Å². The predicted molar refractivity (Wildman–Crippen MR) is 103 cm³/mol. The minimum absolute atomic E-state index is 0.0169. The topological polar surface area (TPSA) is 45.5 Å². The average molecular weight is 348 g/mol. The maximum Gasteiger partial charge on any atom is 0.237 e. The van der Waals surface area contributed by atoms with E-state index in [4.69, 9.17) is 4.42 Å². The molecule has 0 saturated carbocycles. The number of furan rings is 1. The summed E-state index contributed by atoms with van der Waals surface area (Å²) in [5.74, 6) is 0.826. The van der Waals surface area contributed by atoms with Crippen molar-refractivity contribution >= 4 is 5.91 Å². The first-order valence-corrected chi connectivity index (χ1v) is 8.78. The van der Waals surface area contributed by atoms with Gasteiger partial charge in [-0.1, -0.05) is 60.7 Å². The van der Waals surface area contributed by atoms with Gasteiger partial charge in [-0.25, -0.2) is 0 Å². The number of carbonyl (C=O) groups excluding carboxylic acids is 1. The van der Waals surface area contributed by atoms with E-state index in [-0.39, 0.29) is 18.0 Å².